The minimum Gasteiger partial charge on any atom is -0.393 e. The van der Waals surface area contributed by atoms with Crippen molar-refractivity contribution in [2.75, 3.05) is 33.2 Å². The second-order valence-corrected chi connectivity index (χ2v) is 6.53. The van der Waals surface area contributed by atoms with E-state index >= 15 is 0 Å². The maximum atomic E-state index is 9.28. The predicted octanol–water partition coefficient (Wildman–Crippen LogP) is 1.71. The molecule has 0 saturated heterocycles. The lowest BCUT2D eigenvalue weighted by atomic mass is 9.82. The second-order valence-electron chi connectivity index (χ2n) is 6.53. The SMILES string of the molecule is CCCNCC(C)(C)CN(C)CC1CC(O)C1. The van der Waals surface area contributed by atoms with E-state index in [2.05, 4.69) is 38.0 Å². The van der Waals surface area contributed by atoms with Gasteiger partial charge in [-0.1, -0.05) is 20.8 Å². The lowest BCUT2D eigenvalue weighted by molar-refractivity contribution is 0.0236. The summed E-state index contributed by atoms with van der Waals surface area (Å²) in [5, 5.41) is 12.8. The number of hydrogen-bond acceptors (Lipinski definition) is 3. The van der Waals surface area contributed by atoms with Gasteiger partial charge in [-0.2, -0.15) is 0 Å². The zero-order chi connectivity index (χ0) is 12.9. The molecule has 2 N–H and O–H groups in total. The van der Waals surface area contributed by atoms with Gasteiger partial charge in [0.15, 0.2) is 0 Å². The van der Waals surface area contributed by atoms with Crippen LogP contribution in [0.2, 0.25) is 0 Å². The van der Waals surface area contributed by atoms with E-state index in [-0.39, 0.29) is 6.10 Å². The molecule has 0 spiro atoms. The smallest absolute Gasteiger partial charge is 0.0546 e. The fourth-order valence-corrected chi connectivity index (χ4v) is 2.75. The molecule has 0 aromatic carbocycles. The quantitative estimate of drug-likeness (QED) is 0.636. The normalized spacial score (nSPS) is 25.1. The summed E-state index contributed by atoms with van der Waals surface area (Å²) < 4.78 is 0. The highest BCUT2D eigenvalue weighted by Gasteiger charge is 2.29. The number of nitrogens with zero attached hydrogens (tertiary/aromatic N) is 1. The van der Waals surface area contributed by atoms with Crippen molar-refractivity contribution in [2.45, 2.75) is 46.1 Å². The number of aliphatic hydroxyl groups excluding tert-OH is 1. The van der Waals surface area contributed by atoms with Crippen molar-refractivity contribution < 1.29 is 5.11 Å². The largest absolute Gasteiger partial charge is 0.393 e. The Kier molecular flexibility index (Phi) is 5.90. The van der Waals surface area contributed by atoms with Crippen LogP contribution in [-0.4, -0.2) is 49.3 Å². The van der Waals surface area contributed by atoms with Crippen LogP contribution in [0.25, 0.3) is 0 Å². The Hall–Kier alpha value is -0.120. The fraction of sp³-hybridized carbons (Fsp3) is 1.00. The molecule has 102 valence electrons. The first-order valence-corrected chi connectivity index (χ1v) is 7.00. The zero-order valence-electron chi connectivity index (χ0n) is 12.0. The summed E-state index contributed by atoms with van der Waals surface area (Å²) in [7, 11) is 2.20. The van der Waals surface area contributed by atoms with Crippen molar-refractivity contribution in [1.29, 1.82) is 0 Å². The topological polar surface area (TPSA) is 35.5 Å². The minimum atomic E-state index is -0.0207. The lowest BCUT2D eigenvalue weighted by Gasteiger charge is -2.37. The Bertz CT molecular complexity index is 212. The molecule has 0 bridgehead atoms. The van der Waals surface area contributed by atoms with Crippen LogP contribution in [0.15, 0.2) is 0 Å². The van der Waals surface area contributed by atoms with Gasteiger partial charge in [-0.25, -0.2) is 0 Å². The minimum absolute atomic E-state index is 0.0207. The first kappa shape index (κ1) is 14.9. The van der Waals surface area contributed by atoms with E-state index in [1.165, 1.54) is 6.42 Å². The van der Waals surface area contributed by atoms with E-state index in [0.717, 1.165) is 44.9 Å². The molecule has 1 fully saturated rings. The van der Waals surface area contributed by atoms with Crippen LogP contribution in [-0.2, 0) is 0 Å². The van der Waals surface area contributed by atoms with Gasteiger partial charge < -0.3 is 15.3 Å². The number of rotatable bonds is 8. The third kappa shape index (κ3) is 5.84. The van der Waals surface area contributed by atoms with Crippen molar-refractivity contribution >= 4 is 0 Å². The lowest BCUT2D eigenvalue weighted by Crippen LogP contribution is -2.43. The van der Waals surface area contributed by atoms with Gasteiger partial charge in [-0.3, -0.25) is 0 Å². The summed E-state index contributed by atoms with van der Waals surface area (Å²) in [4.78, 5) is 2.42. The van der Waals surface area contributed by atoms with Gasteiger partial charge in [0.05, 0.1) is 6.10 Å². The number of hydrogen-bond donors (Lipinski definition) is 2. The molecule has 0 radical (unpaired) electrons. The van der Waals surface area contributed by atoms with E-state index in [4.69, 9.17) is 0 Å². The molecule has 1 rings (SSSR count). The van der Waals surface area contributed by atoms with E-state index in [1.807, 2.05) is 0 Å². The summed E-state index contributed by atoms with van der Waals surface area (Å²) >= 11 is 0. The molecule has 1 aliphatic rings. The Morgan fingerprint density at radius 1 is 1.35 bits per heavy atom. The fourth-order valence-electron chi connectivity index (χ4n) is 2.75. The summed E-state index contributed by atoms with van der Waals surface area (Å²) in [6.45, 7) is 11.3. The van der Waals surface area contributed by atoms with Crippen molar-refractivity contribution in [3.8, 4) is 0 Å². The van der Waals surface area contributed by atoms with Crippen LogP contribution in [0, 0.1) is 11.3 Å². The molecule has 0 aliphatic heterocycles. The molecular formula is C14H30N2O. The highest BCUT2D eigenvalue weighted by atomic mass is 16.3. The Labute approximate surface area is 107 Å². The van der Waals surface area contributed by atoms with E-state index in [9.17, 15) is 5.11 Å². The standard InChI is InChI=1S/C14H30N2O/c1-5-6-15-10-14(2,3)11-16(4)9-12-7-13(17)8-12/h12-13,15,17H,5-11H2,1-4H3. The third-order valence-corrected chi connectivity index (χ3v) is 3.51. The van der Waals surface area contributed by atoms with E-state index in [1.54, 1.807) is 0 Å². The van der Waals surface area contributed by atoms with Crippen LogP contribution in [0.3, 0.4) is 0 Å². The Morgan fingerprint density at radius 2 is 2.00 bits per heavy atom. The molecular weight excluding hydrogens is 212 g/mol. The van der Waals surface area contributed by atoms with Gasteiger partial charge in [0.25, 0.3) is 0 Å². The van der Waals surface area contributed by atoms with E-state index in [0.29, 0.717) is 5.41 Å². The predicted molar refractivity (Wildman–Crippen MR) is 73.2 cm³/mol. The van der Waals surface area contributed by atoms with Crippen molar-refractivity contribution in [1.82, 2.24) is 10.2 Å². The molecule has 3 nitrogen and oxygen atoms in total. The van der Waals surface area contributed by atoms with Gasteiger partial charge in [-0.15, -0.1) is 0 Å². The van der Waals surface area contributed by atoms with Gasteiger partial charge in [0.2, 0.25) is 0 Å². The Morgan fingerprint density at radius 3 is 2.53 bits per heavy atom. The van der Waals surface area contributed by atoms with Gasteiger partial charge in [0.1, 0.15) is 0 Å². The molecule has 0 heterocycles. The third-order valence-electron chi connectivity index (χ3n) is 3.51. The summed E-state index contributed by atoms with van der Waals surface area (Å²) in [5.74, 6) is 0.717. The average Bonchev–Trinajstić information content (AvgIpc) is 2.14. The molecule has 0 atom stereocenters. The molecule has 1 aliphatic carbocycles. The zero-order valence-corrected chi connectivity index (χ0v) is 12.0. The maximum absolute atomic E-state index is 9.28. The second kappa shape index (κ2) is 6.72. The number of nitrogens with one attached hydrogen (secondary N) is 1. The first-order valence-electron chi connectivity index (χ1n) is 7.00. The van der Waals surface area contributed by atoms with Crippen molar-refractivity contribution in [3.05, 3.63) is 0 Å². The molecule has 0 aromatic rings. The molecule has 3 heteroatoms. The van der Waals surface area contributed by atoms with Crippen LogP contribution in [0.5, 0.6) is 0 Å². The van der Waals surface area contributed by atoms with Crippen LogP contribution in [0.1, 0.15) is 40.0 Å². The van der Waals surface area contributed by atoms with Crippen LogP contribution in [0.4, 0.5) is 0 Å². The molecule has 0 aromatic heterocycles. The van der Waals surface area contributed by atoms with Gasteiger partial charge in [0, 0.05) is 19.6 Å². The molecule has 0 amide bonds. The van der Waals surface area contributed by atoms with Crippen molar-refractivity contribution in [3.63, 3.8) is 0 Å². The maximum Gasteiger partial charge on any atom is 0.0546 e. The summed E-state index contributed by atoms with van der Waals surface area (Å²) in [6, 6.07) is 0. The van der Waals surface area contributed by atoms with Crippen molar-refractivity contribution in [2.24, 2.45) is 11.3 Å². The Balaban J connectivity index is 2.16. The molecule has 0 unspecified atom stereocenters. The summed E-state index contributed by atoms with van der Waals surface area (Å²) in [5.41, 5.74) is 0.326. The van der Waals surface area contributed by atoms with Gasteiger partial charge in [-0.05, 0) is 44.2 Å². The monoisotopic (exact) mass is 242 g/mol. The average molecular weight is 242 g/mol. The first-order chi connectivity index (χ1) is 7.93. The molecule has 17 heavy (non-hydrogen) atoms. The van der Waals surface area contributed by atoms with Crippen LogP contribution < -0.4 is 5.32 Å². The highest BCUT2D eigenvalue weighted by Crippen LogP contribution is 2.28. The molecule has 1 saturated carbocycles. The summed E-state index contributed by atoms with van der Waals surface area (Å²) in [6.07, 6.45) is 3.18. The van der Waals surface area contributed by atoms with Gasteiger partial charge >= 0.3 is 0 Å². The highest BCUT2D eigenvalue weighted by molar-refractivity contribution is 4.82. The van der Waals surface area contributed by atoms with Crippen LogP contribution >= 0.6 is 0 Å². The van der Waals surface area contributed by atoms with E-state index < -0.39 is 0 Å². The number of aliphatic hydroxyl groups is 1.